The highest BCUT2D eigenvalue weighted by Crippen LogP contribution is 2.31. The molecule has 34 heavy (non-hydrogen) atoms. The second kappa shape index (κ2) is 8.81. The highest BCUT2D eigenvalue weighted by Gasteiger charge is 2.31. The molecule has 1 aromatic heterocycles. The van der Waals surface area contributed by atoms with Crippen molar-refractivity contribution in [2.75, 3.05) is 5.32 Å². The zero-order valence-electron chi connectivity index (χ0n) is 17.2. The molecule has 0 aliphatic heterocycles. The molecular weight excluding hydrogens is 454 g/mol. The summed E-state index contributed by atoms with van der Waals surface area (Å²) in [6.07, 6.45) is -2.00. The molecule has 6 nitrogen and oxygen atoms in total. The molecule has 0 saturated heterocycles. The Hall–Kier alpha value is -4.47. The predicted octanol–water partition coefficient (Wildman–Crippen LogP) is 5.50. The number of aromatic carboxylic acids is 1. The average molecular weight is 469 g/mol. The van der Waals surface area contributed by atoms with Gasteiger partial charge in [-0.2, -0.15) is 13.2 Å². The molecule has 0 aliphatic carbocycles. The molecule has 0 amide bonds. The van der Waals surface area contributed by atoms with Crippen LogP contribution in [0.25, 0.3) is 16.8 Å². The number of carboxylic acid groups (broad SMARTS) is 1. The number of rotatable bonds is 5. The Morgan fingerprint density at radius 1 is 0.941 bits per heavy atom. The van der Waals surface area contributed by atoms with Gasteiger partial charge >= 0.3 is 12.1 Å². The summed E-state index contributed by atoms with van der Waals surface area (Å²) >= 11 is 0. The van der Waals surface area contributed by atoms with Crippen molar-refractivity contribution in [2.45, 2.75) is 6.18 Å². The number of halogens is 4. The third-order valence-corrected chi connectivity index (χ3v) is 5.00. The van der Waals surface area contributed by atoms with E-state index in [9.17, 15) is 27.2 Å². The molecule has 0 fully saturated rings. The normalized spacial score (nSPS) is 11.3. The quantitative estimate of drug-likeness (QED) is 0.377. The molecule has 4 rings (SSSR count). The summed E-state index contributed by atoms with van der Waals surface area (Å²) in [6.45, 7) is 0. The van der Waals surface area contributed by atoms with Crippen LogP contribution < -0.4 is 10.9 Å². The number of hydrogen-bond donors (Lipinski definition) is 2. The first-order chi connectivity index (χ1) is 16.1. The van der Waals surface area contributed by atoms with Crippen molar-refractivity contribution in [2.24, 2.45) is 0 Å². The lowest BCUT2D eigenvalue weighted by Gasteiger charge is -2.12. The van der Waals surface area contributed by atoms with Crippen LogP contribution in [0.1, 0.15) is 15.9 Å². The topological polar surface area (TPSA) is 84.2 Å². The number of nitrogens with zero attached hydrogens (tertiary/aromatic N) is 2. The lowest BCUT2D eigenvalue weighted by Crippen LogP contribution is -2.22. The van der Waals surface area contributed by atoms with Crippen molar-refractivity contribution in [3.63, 3.8) is 0 Å². The van der Waals surface area contributed by atoms with Gasteiger partial charge in [0.05, 0.1) is 16.8 Å². The Kier molecular flexibility index (Phi) is 5.89. The fourth-order valence-electron chi connectivity index (χ4n) is 3.24. The van der Waals surface area contributed by atoms with Crippen molar-refractivity contribution < 1.29 is 27.5 Å². The smallest absolute Gasteiger partial charge is 0.416 e. The molecule has 0 unspecified atom stereocenters. The SMILES string of the molecule is O=C(O)c1ccc(-c2ccc(-n3ccnc(Nc4ccc(C(F)(F)F)cc4F)c3=O)cc2)cc1. The van der Waals surface area contributed by atoms with Gasteiger partial charge in [0, 0.05) is 18.1 Å². The second-order valence-electron chi connectivity index (χ2n) is 7.20. The Bertz CT molecular complexity index is 1410. The summed E-state index contributed by atoms with van der Waals surface area (Å²) in [5, 5.41) is 11.4. The van der Waals surface area contributed by atoms with Gasteiger partial charge in [0.1, 0.15) is 5.82 Å². The molecule has 0 radical (unpaired) electrons. The van der Waals surface area contributed by atoms with E-state index in [0.717, 1.165) is 17.2 Å². The fraction of sp³-hybridized carbons (Fsp3) is 0.0417. The number of nitrogens with one attached hydrogen (secondary N) is 1. The van der Waals surface area contributed by atoms with E-state index in [4.69, 9.17) is 5.11 Å². The molecule has 0 spiro atoms. The van der Waals surface area contributed by atoms with Crippen LogP contribution in [0.5, 0.6) is 0 Å². The summed E-state index contributed by atoms with van der Waals surface area (Å²) in [6, 6.07) is 15.0. The maximum atomic E-state index is 14.2. The third kappa shape index (κ3) is 4.65. The highest BCUT2D eigenvalue weighted by molar-refractivity contribution is 5.88. The molecule has 4 aromatic rings. The Morgan fingerprint density at radius 3 is 2.12 bits per heavy atom. The summed E-state index contributed by atoms with van der Waals surface area (Å²) in [5.41, 5.74) is 0.0803. The summed E-state index contributed by atoms with van der Waals surface area (Å²) in [5.74, 6) is -2.47. The number of carboxylic acids is 1. The number of hydrogen-bond acceptors (Lipinski definition) is 4. The van der Waals surface area contributed by atoms with Gasteiger partial charge in [-0.25, -0.2) is 14.2 Å². The minimum absolute atomic E-state index is 0.160. The molecule has 10 heteroatoms. The van der Waals surface area contributed by atoms with Crippen LogP contribution in [0.2, 0.25) is 0 Å². The zero-order valence-corrected chi connectivity index (χ0v) is 17.2. The number of benzene rings is 3. The monoisotopic (exact) mass is 469 g/mol. The largest absolute Gasteiger partial charge is 0.478 e. The predicted molar refractivity (Wildman–Crippen MR) is 117 cm³/mol. The number of alkyl halides is 3. The molecule has 3 aromatic carbocycles. The lowest BCUT2D eigenvalue weighted by atomic mass is 10.0. The second-order valence-corrected chi connectivity index (χ2v) is 7.20. The fourth-order valence-corrected chi connectivity index (χ4v) is 3.24. The summed E-state index contributed by atoms with van der Waals surface area (Å²) in [7, 11) is 0. The maximum Gasteiger partial charge on any atom is 0.416 e. The van der Waals surface area contributed by atoms with Crippen molar-refractivity contribution in [3.8, 4) is 16.8 Å². The van der Waals surface area contributed by atoms with Gasteiger partial charge in [0.15, 0.2) is 5.82 Å². The lowest BCUT2D eigenvalue weighted by molar-refractivity contribution is -0.137. The highest BCUT2D eigenvalue weighted by atomic mass is 19.4. The molecule has 172 valence electrons. The summed E-state index contributed by atoms with van der Waals surface area (Å²) in [4.78, 5) is 27.7. The first-order valence-electron chi connectivity index (χ1n) is 9.79. The number of aromatic nitrogens is 2. The first kappa shape index (κ1) is 22.7. The molecule has 0 saturated carbocycles. The van der Waals surface area contributed by atoms with Gasteiger partial charge in [-0.05, 0) is 53.6 Å². The van der Waals surface area contributed by atoms with Crippen LogP contribution in [-0.2, 0) is 6.18 Å². The zero-order chi connectivity index (χ0) is 24.5. The first-order valence-corrected chi connectivity index (χ1v) is 9.79. The molecular formula is C24H15F4N3O3. The van der Waals surface area contributed by atoms with E-state index in [1.807, 2.05) is 0 Å². The van der Waals surface area contributed by atoms with Crippen LogP contribution in [0, 0.1) is 5.82 Å². The Labute approximate surface area is 189 Å². The van der Waals surface area contributed by atoms with Gasteiger partial charge < -0.3 is 10.4 Å². The molecule has 0 atom stereocenters. The number of carbonyl (C=O) groups is 1. The van der Waals surface area contributed by atoms with E-state index in [1.165, 1.54) is 29.1 Å². The Balaban J connectivity index is 1.60. The standard InChI is InChI=1S/C24H15F4N3O3/c25-19-13-17(24(26,27)28)7-10-20(19)30-21-22(32)31(12-11-29-21)18-8-5-15(6-9-18)14-1-3-16(4-2-14)23(33)34/h1-13H,(H,29,30)(H,33,34). The van der Waals surface area contributed by atoms with Crippen molar-refractivity contribution >= 4 is 17.5 Å². The van der Waals surface area contributed by atoms with E-state index in [-0.39, 0.29) is 17.1 Å². The van der Waals surface area contributed by atoms with E-state index >= 15 is 0 Å². The minimum atomic E-state index is -4.69. The van der Waals surface area contributed by atoms with Crippen LogP contribution in [0.4, 0.5) is 29.1 Å². The van der Waals surface area contributed by atoms with Crippen molar-refractivity contribution in [1.82, 2.24) is 9.55 Å². The third-order valence-electron chi connectivity index (χ3n) is 5.00. The van der Waals surface area contributed by atoms with Crippen LogP contribution in [-0.4, -0.2) is 20.6 Å². The maximum absolute atomic E-state index is 14.2. The van der Waals surface area contributed by atoms with Crippen LogP contribution >= 0.6 is 0 Å². The molecule has 1 heterocycles. The molecule has 0 aliphatic rings. The van der Waals surface area contributed by atoms with Gasteiger partial charge in [-0.1, -0.05) is 24.3 Å². The van der Waals surface area contributed by atoms with E-state index in [1.54, 1.807) is 36.4 Å². The van der Waals surface area contributed by atoms with Crippen molar-refractivity contribution in [3.05, 3.63) is 106 Å². The molecule has 0 bridgehead atoms. The van der Waals surface area contributed by atoms with Crippen molar-refractivity contribution in [1.29, 1.82) is 0 Å². The Morgan fingerprint density at radius 2 is 1.56 bits per heavy atom. The van der Waals surface area contributed by atoms with Gasteiger partial charge in [0.2, 0.25) is 0 Å². The van der Waals surface area contributed by atoms with Gasteiger partial charge in [0.25, 0.3) is 5.56 Å². The summed E-state index contributed by atoms with van der Waals surface area (Å²) < 4.78 is 53.6. The average Bonchev–Trinajstić information content (AvgIpc) is 2.81. The van der Waals surface area contributed by atoms with Gasteiger partial charge in [-0.3, -0.25) is 9.36 Å². The number of anilines is 2. The minimum Gasteiger partial charge on any atom is -0.478 e. The van der Waals surface area contributed by atoms with E-state index < -0.39 is 29.1 Å². The van der Waals surface area contributed by atoms with E-state index in [2.05, 4.69) is 10.3 Å². The van der Waals surface area contributed by atoms with Gasteiger partial charge in [-0.15, -0.1) is 0 Å². The van der Waals surface area contributed by atoms with Crippen LogP contribution in [0.15, 0.2) is 83.9 Å². The van der Waals surface area contributed by atoms with Crippen LogP contribution in [0.3, 0.4) is 0 Å². The molecule has 2 N–H and O–H groups in total. The van der Waals surface area contributed by atoms with E-state index in [0.29, 0.717) is 17.8 Å².